The molecule has 10 heteroatoms. The van der Waals surface area contributed by atoms with E-state index in [1.165, 1.54) is 27.7 Å². The van der Waals surface area contributed by atoms with Gasteiger partial charge in [0.05, 0.1) is 23.3 Å². The van der Waals surface area contributed by atoms with Crippen LogP contribution in [0.25, 0.3) is 35.5 Å². The minimum atomic E-state index is -5.66. The van der Waals surface area contributed by atoms with Crippen molar-refractivity contribution < 1.29 is 26.3 Å². The first-order valence-electron chi connectivity index (χ1n) is 13.6. The molecule has 0 atom stereocenters. The molecule has 2 aromatic heterocycles. The molecule has 0 bridgehead atoms. The molecule has 0 N–H and O–H groups in total. The molecule has 2 aromatic carbocycles. The van der Waals surface area contributed by atoms with E-state index in [1.807, 2.05) is 12.1 Å². The minimum Gasteiger partial charge on any atom is -0.194 e. The Morgan fingerprint density at radius 2 is 0.889 bits per heavy atom. The zero-order valence-corrected chi connectivity index (χ0v) is 26.0. The third kappa shape index (κ3) is 5.22. The summed E-state index contributed by atoms with van der Waals surface area (Å²) < 4.78 is 93.3. The van der Waals surface area contributed by atoms with Gasteiger partial charge >= 0.3 is 17.8 Å². The molecule has 45 heavy (non-hydrogen) atoms. The molecule has 0 spiro atoms. The molecule has 0 amide bonds. The molecule has 0 unspecified atom stereocenters. The number of allylic oxidation sites excluding steroid dienone is 2. The first kappa shape index (κ1) is 32.0. The maximum Gasteiger partial charge on any atom is 0.380 e. The predicted octanol–water partition coefficient (Wildman–Crippen LogP) is 11.0. The lowest BCUT2D eigenvalue weighted by Crippen LogP contribution is -2.49. The van der Waals surface area contributed by atoms with Gasteiger partial charge in [0.1, 0.15) is 0 Å². The number of nitriles is 2. The van der Waals surface area contributed by atoms with Gasteiger partial charge in [-0.2, -0.15) is 36.9 Å². The zero-order chi connectivity index (χ0) is 32.9. The Morgan fingerprint density at radius 3 is 1.20 bits per heavy atom. The first-order chi connectivity index (χ1) is 21.1. The van der Waals surface area contributed by atoms with E-state index >= 15 is 26.3 Å². The second-order valence-electron chi connectivity index (χ2n) is 10.7. The van der Waals surface area contributed by atoms with Crippen LogP contribution in [0.5, 0.6) is 0 Å². The molecule has 1 aliphatic rings. The fraction of sp³-hybridized carbons (Fsp3) is 0.200. The number of alkyl halides is 6. The van der Waals surface area contributed by atoms with Crippen molar-refractivity contribution in [3.05, 3.63) is 113 Å². The maximum atomic E-state index is 15.7. The van der Waals surface area contributed by atoms with Gasteiger partial charge in [0.15, 0.2) is 0 Å². The predicted molar refractivity (Wildman–Crippen MR) is 169 cm³/mol. The Hall–Kier alpha value is -4.38. The number of aryl methyl sites for hydroxylation is 2. The van der Waals surface area contributed by atoms with Crippen molar-refractivity contribution in [2.24, 2.45) is 0 Å². The number of nitrogens with zero attached hydrogens (tertiary/aromatic N) is 2. The average molecular weight is 651 g/mol. The summed E-state index contributed by atoms with van der Waals surface area (Å²) >= 11 is 2.10. The van der Waals surface area contributed by atoms with Crippen molar-refractivity contribution in [1.29, 1.82) is 10.5 Å². The molecule has 0 saturated heterocycles. The molecule has 0 radical (unpaired) electrons. The van der Waals surface area contributed by atoms with E-state index in [0.717, 1.165) is 22.7 Å². The summed E-state index contributed by atoms with van der Waals surface area (Å²) in [4.78, 5) is 1.33. The summed E-state index contributed by atoms with van der Waals surface area (Å²) in [6.07, 6.45) is 6.59. The van der Waals surface area contributed by atoms with Gasteiger partial charge in [0.25, 0.3) is 0 Å². The first-order valence-corrected chi connectivity index (χ1v) is 15.2. The summed E-state index contributed by atoms with van der Waals surface area (Å²) in [7, 11) is 0. The number of benzene rings is 2. The largest absolute Gasteiger partial charge is 0.380 e. The fourth-order valence-electron chi connectivity index (χ4n) is 5.48. The van der Waals surface area contributed by atoms with Crippen molar-refractivity contribution in [3.63, 3.8) is 0 Å². The van der Waals surface area contributed by atoms with Gasteiger partial charge < -0.3 is 0 Å². The lowest BCUT2D eigenvalue weighted by molar-refractivity contribution is -0.254. The van der Waals surface area contributed by atoms with Crippen LogP contribution in [0.4, 0.5) is 26.3 Å². The lowest BCUT2D eigenvalue weighted by Gasteiger charge is -2.26. The molecule has 228 valence electrons. The second kappa shape index (κ2) is 11.5. The SMILES string of the molecule is Cc1sc(C=Cc2ccc(C#N)cc2)c(C)c1C1=C(c2c(C)sc(C=Cc3ccc(C#N)cc3)c2C)C(F)(F)C(F)(F)C1(F)F. The van der Waals surface area contributed by atoms with Crippen LogP contribution in [0.1, 0.15) is 64.0 Å². The molecule has 0 saturated carbocycles. The molecule has 0 aliphatic heterocycles. The van der Waals surface area contributed by atoms with Crippen molar-refractivity contribution in [2.75, 3.05) is 0 Å². The van der Waals surface area contributed by atoms with Gasteiger partial charge in [-0.15, -0.1) is 22.7 Å². The summed E-state index contributed by atoms with van der Waals surface area (Å²) in [6.45, 7) is 5.85. The third-order valence-electron chi connectivity index (χ3n) is 7.82. The highest BCUT2D eigenvalue weighted by atomic mass is 32.1. The Morgan fingerprint density at radius 1 is 0.556 bits per heavy atom. The van der Waals surface area contributed by atoms with Crippen LogP contribution in [0.3, 0.4) is 0 Å². The molecule has 2 nitrogen and oxygen atoms in total. The average Bonchev–Trinajstić information content (AvgIpc) is 3.48. The highest BCUT2D eigenvalue weighted by Gasteiger charge is 2.80. The smallest absolute Gasteiger partial charge is 0.194 e. The van der Waals surface area contributed by atoms with Crippen LogP contribution in [0, 0.1) is 50.4 Å². The van der Waals surface area contributed by atoms with E-state index in [2.05, 4.69) is 0 Å². The van der Waals surface area contributed by atoms with Crippen LogP contribution < -0.4 is 0 Å². The van der Waals surface area contributed by atoms with Crippen molar-refractivity contribution in [1.82, 2.24) is 0 Å². The quantitative estimate of drug-likeness (QED) is 0.195. The minimum absolute atomic E-state index is 0.189. The lowest BCUT2D eigenvalue weighted by atomic mass is 9.90. The Balaban J connectivity index is 1.67. The van der Waals surface area contributed by atoms with E-state index in [4.69, 9.17) is 10.5 Å². The molecule has 4 aromatic rings. The summed E-state index contributed by atoms with van der Waals surface area (Å²) in [5.41, 5.74) is -0.631. The molecule has 2 heterocycles. The third-order valence-corrected chi connectivity index (χ3v) is 10.2. The monoisotopic (exact) mass is 650 g/mol. The van der Waals surface area contributed by atoms with E-state index in [1.54, 1.807) is 72.8 Å². The summed E-state index contributed by atoms with van der Waals surface area (Å²) in [5.74, 6) is -16.0. The van der Waals surface area contributed by atoms with Gasteiger partial charge in [0.2, 0.25) is 0 Å². The number of rotatable bonds is 6. The highest BCUT2D eigenvalue weighted by molar-refractivity contribution is 7.13. The van der Waals surface area contributed by atoms with E-state index in [0.29, 0.717) is 32.0 Å². The number of halogens is 6. The summed E-state index contributed by atoms with van der Waals surface area (Å²) in [6, 6.07) is 17.2. The number of thiophene rings is 2. The van der Waals surface area contributed by atoms with E-state index < -0.39 is 28.9 Å². The second-order valence-corrected chi connectivity index (χ2v) is 13.2. The van der Waals surface area contributed by atoms with E-state index in [9.17, 15) is 0 Å². The zero-order valence-electron chi connectivity index (χ0n) is 24.4. The molecule has 1 aliphatic carbocycles. The van der Waals surface area contributed by atoms with Crippen molar-refractivity contribution in [2.45, 2.75) is 45.5 Å². The van der Waals surface area contributed by atoms with Crippen LogP contribution in [-0.4, -0.2) is 17.8 Å². The van der Waals surface area contributed by atoms with Crippen LogP contribution >= 0.6 is 22.7 Å². The van der Waals surface area contributed by atoms with Gasteiger partial charge in [-0.05, 0) is 86.4 Å². The summed E-state index contributed by atoms with van der Waals surface area (Å²) in [5, 5.41) is 18.0. The molecule has 5 rings (SSSR count). The van der Waals surface area contributed by atoms with Crippen LogP contribution in [-0.2, 0) is 0 Å². The van der Waals surface area contributed by atoms with Crippen molar-refractivity contribution >= 4 is 58.1 Å². The van der Waals surface area contributed by atoms with Gasteiger partial charge in [-0.3, -0.25) is 0 Å². The highest BCUT2D eigenvalue weighted by Crippen LogP contribution is 2.66. The maximum absolute atomic E-state index is 15.7. The Labute approximate surface area is 264 Å². The van der Waals surface area contributed by atoms with Gasteiger partial charge in [-0.25, -0.2) is 0 Å². The molecular weight excluding hydrogens is 627 g/mol. The molecular formula is C35H24F6N2S2. The Kier molecular flexibility index (Phi) is 8.20. The number of hydrogen-bond donors (Lipinski definition) is 0. The van der Waals surface area contributed by atoms with Gasteiger partial charge in [0, 0.05) is 41.8 Å². The fourth-order valence-corrected chi connectivity index (χ4v) is 7.63. The van der Waals surface area contributed by atoms with Crippen molar-refractivity contribution in [3.8, 4) is 12.1 Å². The standard InChI is InChI=1S/C35H24F6N2S2/c1-19-27(15-13-23-5-9-25(17-42)10-6-23)44-21(3)29(19)31-32(34(38,39)35(40,41)33(31,36)37)30-20(2)28(45-22(30)4)16-14-24-7-11-26(18-43)12-8-24/h5-16H,1-4H3. The van der Waals surface area contributed by atoms with Gasteiger partial charge in [-0.1, -0.05) is 36.4 Å². The normalized spacial score (nSPS) is 16.9. The number of hydrogen-bond acceptors (Lipinski definition) is 4. The Bertz CT molecular complexity index is 1840. The van der Waals surface area contributed by atoms with Crippen LogP contribution in [0.2, 0.25) is 0 Å². The van der Waals surface area contributed by atoms with Crippen LogP contribution in [0.15, 0.2) is 48.5 Å². The van der Waals surface area contributed by atoms with E-state index in [-0.39, 0.29) is 32.0 Å². The molecule has 0 fully saturated rings. The topological polar surface area (TPSA) is 47.6 Å².